The molecule has 7 heteroatoms. The summed E-state index contributed by atoms with van der Waals surface area (Å²) in [6.07, 6.45) is 0.0484. The number of hydrogen-bond acceptors (Lipinski definition) is 4. The van der Waals surface area contributed by atoms with Crippen LogP contribution >= 0.6 is 12.4 Å². The third-order valence-electron chi connectivity index (χ3n) is 3.54. The molecule has 1 aliphatic heterocycles. The summed E-state index contributed by atoms with van der Waals surface area (Å²) in [5.74, 6) is -1.02. The second kappa shape index (κ2) is 7.28. The molecule has 0 saturated carbocycles. The van der Waals surface area contributed by atoms with Crippen LogP contribution in [-0.2, 0) is 16.1 Å². The van der Waals surface area contributed by atoms with Crippen LogP contribution in [-0.4, -0.2) is 40.7 Å². The molecule has 1 saturated heterocycles. The lowest BCUT2D eigenvalue weighted by Crippen LogP contribution is -2.56. The van der Waals surface area contributed by atoms with Crippen LogP contribution in [0.2, 0.25) is 0 Å². The van der Waals surface area contributed by atoms with E-state index in [2.05, 4.69) is 0 Å². The molecule has 2 rings (SSSR count). The maximum Gasteiger partial charge on any atom is 0.410 e. The smallest absolute Gasteiger partial charge is 0.410 e. The molecule has 6 nitrogen and oxygen atoms in total. The number of carbonyl (C=O) groups excluding carboxylic acids is 1. The molecule has 0 aliphatic carbocycles. The summed E-state index contributed by atoms with van der Waals surface area (Å²) in [5, 5.41) is 9.01. The number of carboxylic acids is 1. The molecule has 116 valence electrons. The Morgan fingerprint density at radius 2 is 1.81 bits per heavy atom. The van der Waals surface area contributed by atoms with Gasteiger partial charge in [0.15, 0.2) is 0 Å². The topological polar surface area (TPSA) is 92.9 Å². The Bertz CT molecular complexity index is 487. The molecule has 1 fully saturated rings. The molecular formula is C14H19ClN2O4. The van der Waals surface area contributed by atoms with Gasteiger partial charge in [0, 0.05) is 13.1 Å². The summed E-state index contributed by atoms with van der Waals surface area (Å²) in [4.78, 5) is 24.4. The summed E-state index contributed by atoms with van der Waals surface area (Å²) in [6, 6.07) is 9.39. The zero-order valence-electron chi connectivity index (χ0n) is 11.5. The Morgan fingerprint density at radius 1 is 1.24 bits per heavy atom. The van der Waals surface area contributed by atoms with Crippen LogP contribution in [0.3, 0.4) is 0 Å². The Morgan fingerprint density at radius 3 is 2.33 bits per heavy atom. The predicted molar refractivity (Wildman–Crippen MR) is 79.2 cm³/mol. The largest absolute Gasteiger partial charge is 0.480 e. The lowest BCUT2D eigenvalue weighted by molar-refractivity contribution is -0.145. The van der Waals surface area contributed by atoms with E-state index in [1.54, 1.807) is 0 Å². The van der Waals surface area contributed by atoms with Crippen molar-refractivity contribution >= 4 is 24.5 Å². The van der Waals surface area contributed by atoms with Crippen molar-refractivity contribution < 1.29 is 19.4 Å². The van der Waals surface area contributed by atoms with Crippen molar-refractivity contribution in [2.24, 2.45) is 5.73 Å². The number of nitrogens with zero attached hydrogens (tertiary/aromatic N) is 1. The number of hydrogen-bond donors (Lipinski definition) is 2. The molecule has 1 aliphatic rings. The van der Waals surface area contributed by atoms with E-state index in [4.69, 9.17) is 15.6 Å². The molecule has 0 radical (unpaired) electrons. The van der Waals surface area contributed by atoms with Crippen LogP contribution in [0.5, 0.6) is 0 Å². The monoisotopic (exact) mass is 314 g/mol. The number of ether oxygens (including phenoxy) is 1. The van der Waals surface area contributed by atoms with Crippen LogP contribution in [0.15, 0.2) is 30.3 Å². The minimum Gasteiger partial charge on any atom is -0.480 e. The Hall–Kier alpha value is -1.79. The van der Waals surface area contributed by atoms with Crippen molar-refractivity contribution in [3.8, 4) is 0 Å². The first-order valence-corrected chi connectivity index (χ1v) is 6.49. The molecule has 0 bridgehead atoms. The van der Waals surface area contributed by atoms with Gasteiger partial charge in [-0.25, -0.2) is 4.79 Å². The predicted octanol–water partition coefficient (Wildman–Crippen LogP) is 1.62. The standard InChI is InChI=1S/C14H18N2O4.ClH/c15-14(12(17)18)6-8-16(9-7-14)13(19)20-10-11-4-2-1-3-5-11;/h1-5H,6-10,15H2,(H,17,18);1H. The van der Waals surface area contributed by atoms with Gasteiger partial charge in [0.2, 0.25) is 0 Å². The summed E-state index contributed by atoms with van der Waals surface area (Å²) >= 11 is 0. The third-order valence-corrected chi connectivity index (χ3v) is 3.54. The molecule has 3 N–H and O–H groups in total. The molecule has 0 spiro atoms. The first-order chi connectivity index (χ1) is 9.51. The van der Waals surface area contributed by atoms with E-state index < -0.39 is 17.6 Å². The van der Waals surface area contributed by atoms with Crippen molar-refractivity contribution in [2.75, 3.05) is 13.1 Å². The zero-order chi connectivity index (χ0) is 14.6. The van der Waals surface area contributed by atoms with Gasteiger partial charge in [-0.2, -0.15) is 0 Å². The average molecular weight is 315 g/mol. The lowest BCUT2D eigenvalue weighted by Gasteiger charge is -2.35. The first-order valence-electron chi connectivity index (χ1n) is 6.49. The van der Waals surface area contributed by atoms with E-state index in [1.165, 1.54) is 4.90 Å². The van der Waals surface area contributed by atoms with Gasteiger partial charge in [0.1, 0.15) is 12.1 Å². The van der Waals surface area contributed by atoms with E-state index in [0.717, 1.165) is 5.56 Å². The Balaban J connectivity index is 0.00000220. The zero-order valence-corrected chi connectivity index (χ0v) is 12.3. The molecular weight excluding hydrogens is 296 g/mol. The van der Waals surface area contributed by atoms with Crippen LogP contribution in [0.25, 0.3) is 0 Å². The normalized spacial score (nSPS) is 16.7. The number of likely N-dealkylation sites (tertiary alicyclic amines) is 1. The van der Waals surface area contributed by atoms with Crippen molar-refractivity contribution in [1.82, 2.24) is 4.90 Å². The fraction of sp³-hybridized carbons (Fsp3) is 0.429. The van der Waals surface area contributed by atoms with E-state index in [-0.39, 0.29) is 31.9 Å². The number of amides is 1. The van der Waals surface area contributed by atoms with Crippen molar-refractivity contribution in [3.63, 3.8) is 0 Å². The average Bonchev–Trinajstić information content (AvgIpc) is 2.46. The van der Waals surface area contributed by atoms with E-state index in [1.807, 2.05) is 30.3 Å². The molecule has 0 unspecified atom stereocenters. The Labute approximate surface area is 129 Å². The van der Waals surface area contributed by atoms with Crippen LogP contribution in [0, 0.1) is 0 Å². The van der Waals surface area contributed by atoms with Gasteiger partial charge < -0.3 is 20.5 Å². The number of benzene rings is 1. The van der Waals surface area contributed by atoms with Crippen LogP contribution in [0.4, 0.5) is 4.79 Å². The van der Waals surface area contributed by atoms with E-state index in [0.29, 0.717) is 13.1 Å². The first kappa shape index (κ1) is 17.3. The highest BCUT2D eigenvalue weighted by molar-refractivity contribution is 5.85. The highest BCUT2D eigenvalue weighted by Gasteiger charge is 2.39. The van der Waals surface area contributed by atoms with Gasteiger partial charge in [-0.3, -0.25) is 4.79 Å². The summed E-state index contributed by atoms with van der Waals surface area (Å²) in [7, 11) is 0. The summed E-state index contributed by atoms with van der Waals surface area (Å²) in [6.45, 7) is 0.815. The number of carbonyl (C=O) groups is 2. The SMILES string of the molecule is Cl.NC1(C(=O)O)CCN(C(=O)OCc2ccccc2)CC1. The maximum atomic E-state index is 11.9. The molecule has 1 amide bonds. The second-order valence-corrected chi connectivity index (χ2v) is 4.99. The quantitative estimate of drug-likeness (QED) is 0.884. The minimum absolute atomic E-state index is 0. The minimum atomic E-state index is -1.23. The number of halogens is 1. The summed E-state index contributed by atoms with van der Waals surface area (Å²) in [5.41, 5.74) is 5.44. The van der Waals surface area contributed by atoms with Crippen molar-refractivity contribution in [1.29, 1.82) is 0 Å². The fourth-order valence-electron chi connectivity index (χ4n) is 2.11. The second-order valence-electron chi connectivity index (χ2n) is 4.99. The number of aliphatic carboxylic acids is 1. The highest BCUT2D eigenvalue weighted by atomic mass is 35.5. The third kappa shape index (κ3) is 4.34. The molecule has 21 heavy (non-hydrogen) atoms. The molecule has 1 heterocycles. The lowest BCUT2D eigenvalue weighted by atomic mass is 9.89. The van der Waals surface area contributed by atoms with Gasteiger partial charge in [-0.1, -0.05) is 30.3 Å². The van der Waals surface area contributed by atoms with Gasteiger partial charge in [-0.15, -0.1) is 12.4 Å². The molecule has 0 aromatic heterocycles. The Kier molecular flexibility index (Phi) is 5.99. The van der Waals surface area contributed by atoms with E-state index in [9.17, 15) is 9.59 Å². The van der Waals surface area contributed by atoms with E-state index >= 15 is 0 Å². The molecule has 1 aromatic carbocycles. The van der Waals surface area contributed by atoms with Gasteiger partial charge >= 0.3 is 12.1 Å². The van der Waals surface area contributed by atoms with Crippen molar-refractivity contribution in [2.45, 2.75) is 25.0 Å². The number of piperidine rings is 1. The number of carboxylic acid groups (broad SMARTS) is 1. The highest BCUT2D eigenvalue weighted by Crippen LogP contribution is 2.20. The van der Waals surface area contributed by atoms with Gasteiger partial charge in [0.25, 0.3) is 0 Å². The number of nitrogens with two attached hydrogens (primary N) is 1. The fourth-order valence-corrected chi connectivity index (χ4v) is 2.11. The maximum absolute atomic E-state index is 11.9. The number of rotatable bonds is 3. The van der Waals surface area contributed by atoms with Crippen molar-refractivity contribution in [3.05, 3.63) is 35.9 Å². The van der Waals surface area contributed by atoms with Crippen LogP contribution < -0.4 is 5.73 Å². The summed E-state index contributed by atoms with van der Waals surface area (Å²) < 4.78 is 5.19. The molecule has 0 atom stereocenters. The van der Waals surface area contributed by atoms with Crippen LogP contribution in [0.1, 0.15) is 18.4 Å². The van der Waals surface area contributed by atoms with Gasteiger partial charge in [0.05, 0.1) is 0 Å². The molecule has 1 aromatic rings. The van der Waals surface area contributed by atoms with Gasteiger partial charge in [-0.05, 0) is 18.4 Å².